The molecule has 0 radical (unpaired) electrons. The predicted molar refractivity (Wildman–Crippen MR) is 97.7 cm³/mol. The third-order valence-corrected chi connectivity index (χ3v) is 4.89. The number of ether oxygens (including phenoxy) is 1. The Hall–Kier alpha value is -1.36. The molecule has 2 aromatic rings. The van der Waals surface area contributed by atoms with Crippen LogP contribution in [-0.4, -0.2) is 43.0 Å². The minimum Gasteiger partial charge on any atom is -0.488 e. The van der Waals surface area contributed by atoms with Crippen LogP contribution in [0.15, 0.2) is 53.0 Å². The summed E-state index contributed by atoms with van der Waals surface area (Å²) in [5, 5.41) is 0. The fraction of sp³-hybridized carbons (Fsp3) is 0.368. The Balaban J connectivity index is 1.62. The number of halogens is 1. The van der Waals surface area contributed by atoms with Crippen LogP contribution in [-0.2, 0) is 13.2 Å². The number of likely N-dealkylation sites (N-methyl/N-ethyl adjacent to an activating group) is 1. The molecule has 1 aliphatic rings. The highest BCUT2D eigenvalue weighted by Gasteiger charge is 2.14. The van der Waals surface area contributed by atoms with Gasteiger partial charge in [0.2, 0.25) is 0 Å². The predicted octanol–water partition coefficient (Wildman–Crippen LogP) is 3.78. The van der Waals surface area contributed by atoms with Crippen molar-refractivity contribution in [3.05, 3.63) is 64.1 Å². The maximum Gasteiger partial charge on any atom is 0.134 e. The summed E-state index contributed by atoms with van der Waals surface area (Å²) in [6, 6.07) is 16.7. The first-order valence-corrected chi connectivity index (χ1v) is 8.86. The van der Waals surface area contributed by atoms with E-state index < -0.39 is 0 Å². The van der Waals surface area contributed by atoms with Crippen LogP contribution in [0.1, 0.15) is 11.1 Å². The molecule has 3 nitrogen and oxygen atoms in total. The van der Waals surface area contributed by atoms with E-state index in [0.29, 0.717) is 6.61 Å². The highest BCUT2D eigenvalue weighted by Crippen LogP contribution is 2.27. The van der Waals surface area contributed by atoms with Crippen molar-refractivity contribution in [1.82, 2.24) is 9.80 Å². The van der Waals surface area contributed by atoms with Gasteiger partial charge < -0.3 is 9.64 Å². The van der Waals surface area contributed by atoms with E-state index in [-0.39, 0.29) is 0 Å². The second kappa shape index (κ2) is 7.95. The maximum atomic E-state index is 6.00. The molecule has 4 heteroatoms. The summed E-state index contributed by atoms with van der Waals surface area (Å²) >= 11 is 3.59. The topological polar surface area (TPSA) is 15.7 Å². The minimum absolute atomic E-state index is 0.595. The fourth-order valence-corrected chi connectivity index (χ4v) is 3.12. The molecular weight excluding hydrogens is 352 g/mol. The lowest BCUT2D eigenvalue weighted by Gasteiger charge is -2.32. The van der Waals surface area contributed by atoms with E-state index in [0.717, 1.165) is 42.9 Å². The van der Waals surface area contributed by atoms with Crippen molar-refractivity contribution in [3.63, 3.8) is 0 Å². The van der Waals surface area contributed by atoms with Crippen molar-refractivity contribution in [2.45, 2.75) is 13.2 Å². The van der Waals surface area contributed by atoms with Gasteiger partial charge in [0.15, 0.2) is 0 Å². The van der Waals surface area contributed by atoms with Crippen LogP contribution < -0.4 is 4.74 Å². The number of rotatable bonds is 5. The van der Waals surface area contributed by atoms with E-state index >= 15 is 0 Å². The van der Waals surface area contributed by atoms with Crippen LogP contribution in [0.5, 0.6) is 5.75 Å². The zero-order valence-corrected chi connectivity index (χ0v) is 15.1. The van der Waals surface area contributed by atoms with Gasteiger partial charge in [0.25, 0.3) is 0 Å². The summed E-state index contributed by atoms with van der Waals surface area (Å²) in [6.07, 6.45) is 0. The van der Waals surface area contributed by atoms with Crippen molar-refractivity contribution in [1.29, 1.82) is 0 Å². The van der Waals surface area contributed by atoms with Gasteiger partial charge in [0.05, 0.1) is 4.47 Å². The first-order chi connectivity index (χ1) is 11.2. The zero-order valence-electron chi connectivity index (χ0n) is 13.5. The summed E-state index contributed by atoms with van der Waals surface area (Å²) in [5.41, 5.74) is 2.49. The maximum absolute atomic E-state index is 6.00. The molecule has 0 spiro atoms. The standard InChI is InChI=1S/C19H23BrN2O/c1-21-9-11-22(12-10-21)14-17-7-8-18(20)19(13-17)23-15-16-5-3-2-4-6-16/h2-8,13H,9-12,14-15H2,1H3. The van der Waals surface area contributed by atoms with Gasteiger partial charge in [-0.2, -0.15) is 0 Å². The van der Waals surface area contributed by atoms with Gasteiger partial charge in [-0.15, -0.1) is 0 Å². The van der Waals surface area contributed by atoms with E-state index in [1.54, 1.807) is 0 Å². The van der Waals surface area contributed by atoms with Gasteiger partial charge in [-0.1, -0.05) is 36.4 Å². The van der Waals surface area contributed by atoms with Crippen LogP contribution in [0.25, 0.3) is 0 Å². The summed E-state index contributed by atoms with van der Waals surface area (Å²) in [4.78, 5) is 4.89. The van der Waals surface area contributed by atoms with Crippen LogP contribution in [0.4, 0.5) is 0 Å². The molecule has 0 unspecified atom stereocenters. The van der Waals surface area contributed by atoms with Crippen molar-refractivity contribution < 1.29 is 4.74 Å². The van der Waals surface area contributed by atoms with Gasteiger partial charge in [0, 0.05) is 32.7 Å². The quantitative estimate of drug-likeness (QED) is 0.791. The van der Waals surface area contributed by atoms with Gasteiger partial charge in [-0.3, -0.25) is 4.90 Å². The summed E-state index contributed by atoms with van der Waals surface area (Å²) in [7, 11) is 2.19. The number of nitrogens with zero attached hydrogens (tertiary/aromatic N) is 2. The Kier molecular flexibility index (Phi) is 5.70. The first-order valence-electron chi connectivity index (χ1n) is 8.07. The van der Waals surface area contributed by atoms with Gasteiger partial charge in [0.1, 0.15) is 12.4 Å². The number of hydrogen-bond acceptors (Lipinski definition) is 3. The molecule has 23 heavy (non-hydrogen) atoms. The average molecular weight is 375 g/mol. The lowest BCUT2D eigenvalue weighted by molar-refractivity contribution is 0.148. The molecule has 0 aliphatic carbocycles. The third-order valence-electron chi connectivity index (χ3n) is 4.23. The Morgan fingerprint density at radius 1 is 0.957 bits per heavy atom. The number of benzene rings is 2. The molecule has 1 saturated heterocycles. The second-order valence-corrected chi connectivity index (χ2v) is 6.97. The van der Waals surface area contributed by atoms with E-state index in [2.05, 4.69) is 63.1 Å². The van der Waals surface area contributed by atoms with Crippen LogP contribution in [0.2, 0.25) is 0 Å². The van der Waals surface area contributed by atoms with Crippen molar-refractivity contribution in [2.75, 3.05) is 33.2 Å². The Bertz CT molecular complexity index is 625. The molecular formula is C19H23BrN2O. The first kappa shape index (κ1) is 16.5. The molecule has 1 aliphatic heterocycles. The molecule has 0 saturated carbocycles. The molecule has 0 N–H and O–H groups in total. The fourth-order valence-electron chi connectivity index (χ4n) is 2.76. The average Bonchev–Trinajstić information content (AvgIpc) is 2.58. The molecule has 0 amide bonds. The summed E-state index contributed by atoms with van der Waals surface area (Å²) in [6.45, 7) is 6.14. The van der Waals surface area contributed by atoms with E-state index in [9.17, 15) is 0 Å². The third kappa shape index (κ3) is 4.80. The number of hydrogen-bond donors (Lipinski definition) is 0. The van der Waals surface area contributed by atoms with Crippen molar-refractivity contribution in [3.8, 4) is 5.75 Å². The van der Waals surface area contributed by atoms with Crippen LogP contribution >= 0.6 is 15.9 Å². The van der Waals surface area contributed by atoms with Gasteiger partial charge in [-0.05, 0) is 46.2 Å². The highest BCUT2D eigenvalue weighted by molar-refractivity contribution is 9.10. The van der Waals surface area contributed by atoms with Gasteiger partial charge in [-0.25, -0.2) is 0 Å². The Morgan fingerprint density at radius 3 is 2.43 bits per heavy atom. The smallest absolute Gasteiger partial charge is 0.134 e. The van der Waals surface area contributed by atoms with Crippen LogP contribution in [0, 0.1) is 0 Å². The molecule has 2 aromatic carbocycles. The highest BCUT2D eigenvalue weighted by atomic mass is 79.9. The zero-order chi connectivity index (χ0) is 16.1. The molecule has 0 bridgehead atoms. The number of piperazine rings is 1. The molecule has 3 rings (SSSR count). The molecule has 1 heterocycles. The molecule has 0 aromatic heterocycles. The molecule has 1 fully saturated rings. The van der Waals surface area contributed by atoms with Gasteiger partial charge >= 0.3 is 0 Å². The Morgan fingerprint density at radius 2 is 1.70 bits per heavy atom. The monoisotopic (exact) mass is 374 g/mol. The lowest BCUT2D eigenvalue weighted by Crippen LogP contribution is -2.43. The molecule has 122 valence electrons. The van der Waals surface area contributed by atoms with Crippen molar-refractivity contribution >= 4 is 15.9 Å². The van der Waals surface area contributed by atoms with Crippen molar-refractivity contribution in [2.24, 2.45) is 0 Å². The SMILES string of the molecule is CN1CCN(Cc2ccc(Br)c(OCc3ccccc3)c2)CC1. The lowest BCUT2D eigenvalue weighted by atomic mass is 10.2. The van der Waals surface area contributed by atoms with Crippen LogP contribution in [0.3, 0.4) is 0 Å². The normalized spacial score (nSPS) is 16.4. The van der Waals surface area contributed by atoms with E-state index in [4.69, 9.17) is 4.74 Å². The minimum atomic E-state index is 0.595. The molecule has 0 atom stereocenters. The summed E-state index contributed by atoms with van der Waals surface area (Å²) < 4.78 is 7.01. The van der Waals surface area contributed by atoms with E-state index in [1.165, 1.54) is 11.1 Å². The Labute approximate surface area is 147 Å². The second-order valence-electron chi connectivity index (χ2n) is 6.12. The largest absolute Gasteiger partial charge is 0.488 e. The van der Waals surface area contributed by atoms with E-state index in [1.807, 2.05) is 18.2 Å². The summed E-state index contributed by atoms with van der Waals surface area (Å²) in [5.74, 6) is 0.917.